The van der Waals surface area contributed by atoms with E-state index in [1.165, 1.54) is 24.6 Å². The molecule has 0 saturated heterocycles. The summed E-state index contributed by atoms with van der Waals surface area (Å²) in [4.78, 5) is 15.2. The van der Waals surface area contributed by atoms with Gasteiger partial charge in [-0.1, -0.05) is 6.07 Å². The second-order valence-electron chi connectivity index (χ2n) is 8.54. The molecule has 12 heteroatoms. The van der Waals surface area contributed by atoms with Gasteiger partial charge in [-0.15, -0.1) is 5.10 Å². The summed E-state index contributed by atoms with van der Waals surface area (Å²) in [6, 6.07) is 7.33. The first-order valence-electron chi connectivity index (χ1n) is 11.3. The number of halogens is 3. The molecule has 0 spiro atoms. The average Bonchev–Trinajstić information content (AvgIpc) is 3.21. The number of alkyl halides is 3. The van der Waals surface area contributed by atoms with E-state index in [0.717, 1.165) is 23.4 Å². The Hall–Kier alpha value is -2.50. The number of hydrogen-bond donors (Lipinski definition) is 1. The first-order chi connectivity index (χ1) is 16.9. The van der Waals surface area contributed by atoms with Crippen LogP contribution in [0.1, 0.15) is 46.7 Å². The number of pyridine rings is 1. The van der Waals surface area contributed by atoms with E-state index >= 15 is 0 Å². The third-order valence-corrected chi connectivity index (χ3v) is 5.24. The number of aryl methyl sites for hydroxylation is 2. The van der Waals surface area contributed by atoms with Crippen LogP contribution in [0.5, 0.6) is 17.4 Å². The molecule has 0 radical (unpaired) electrons. The maximum Gasteiger partial charge on any atom is 2.00 e. The van der Waals surface area contributed by atoms with Crippen molar-refractivity contribution in [2.24, 2.45) is 0 Å². The summed E-state index contributed by atoms with van der Waals surface area (Å²) in [5, 5.41) is 13.6. The van der Waals surface area contributed by atoms with Gasteiger partial charge in [0.2, 0.25) is 5.88 Å². The molecule has 0 atom stereocenters. The van der Waals surface area contributed by atoms with Gasteiger partial charge in [0, 0.05) is 24.0 Å². The van der Waals surface area contributed by atoms with Crippen LogP contribution in [-0.4, -0.2) is 82.4 Å². The number of nitrogens with zero attached hydrogens (tertiary/aromatic N) is 3. The molecule has 2 aromatic heterocycles. The number of carbonyl (C=O) groups is 1. The van der Waals surface area contributed by atoms with Gasteiger partial charge in [0.15, 0.2) is 11.4 Å². The number of carboxylic acid groups (broad SMARTS) is 1. The minimum Gasteiger partial charge on any atom is -1.00 e. The zero-order valence-corrected chi connectivity index (χ0v) is 23.3. The molecule has 0 bridgehead atoms. The molecule has 0 saturated carbocycles. The van der Waals surface area contributed by atoms with Crippen LogP contribution >= 0.6 is 0 Å². The Morgan fingerprint density at radius 1 is 1.16 bits per heavy atom. The topological polar surface area (TPSA) is 95.7 Å². The molecule has 0 unspecified atom stereocenters. The number of rotatable bonds is 11. The van der Waals surface area contributed by atoms with Crippen LogP contribution in [0.4, 0.5) is 13.2 Å². The molecule has 3 aromatic rings. The number of aromatic nitrogens is 3. The van der Waals surface area contributed by atoms with Crippen LogP contribution in [0.15, 0.2) is 42.7 Å². The van der Waals surface area contributed by atoms with Gasteiger partial charge in [-0.3, -0.25) is 0 Å². The molecule has 0 aliphatic heterocycles. The smallest absolute Gasteiger partial charge is 1.00 e. The Morgan fingerprint density at radius 3 is 2.49 bits per heavy atom. The standard InChI is InChI=1S/C25H28F3N3O5.Ca.2H/c1-5-34-22-17(15-31(30-22)21-11-9-18(14-29-21)25(26,27)28)7-6-12-35-20-13-19(10-8-16(20)2)36-24(3,4)23(32)33;;;/h8-11,13-15H,5-7,12H2,1-4H3,(H,32,33);;;/q;+2;2*-1. The van der Waals surface area contributed by atoms with Crippen LogP contribution in [0.3, 0.4) is 0 Å². The van der Waals surface area contributed by atoms with E-state index in [-0.39, 0.29) is 46.4 Å². The Kier molecular flexibility index (Phi) is 10.7. The summed E-state index contributed by atoms with van der Waals surface area (Å²) in [7, 11) is 0. The van der Waals surface area contributed by atoms with Crippen molar-refractivity contribution >= 4 is 43.7 Å². The van der Waals surface area contributed by atoms with Gasteiger partial charge >= 0.3 is 49.9 Å². The molecule has 0 aliphatic rings. The minimum absolute atomic E-state index is 0. The van der Waals surface area contributed by atoms with Crippen LogP contribution in [0, 0.1) is 6.92 Å². The molecule has 3 rings (SSSR count). The molecule has 0 fully saturated rings. The molecule has 198 valence electrons. The monoisotopic (exact) mass is 549 g/mol. The molecule has 2 heterocycles. The van der Waals surface area contributed by atoms with E-state index in [1.807, 2.05) is 13.8 Å². The summed E-state index contributed by atoms with van der Waals surface area (Å²) in [5.41, 5.74) is -0.590. The van der Waals surface area contributed by atoms with Gasteiger partial charge in [-0.05, 0) is 64.3 Å². The van der Waals surface area contributed by atoms with E-state index in [0.29, 0.717) is 43.4 Å². The van der Waals surface area contributed by atoms with Crippen molar-refractivity contribution in [1.29, 1.82) is 0 Å². The van der Waals surface area contributed by atoms with Crippen molar-refractivity contribution in [3.05, 3.63) is 59.4 Å². The Bertz CT molecular complexity index is 1210. The maximum atomic E-state index is 12.8. The van der Waals surface area contributed by atoms with Crippen LogP contribution in [-0.2, 0) is 17.4 Å². The Morgan fingerprint density at radius 2 is 1.89 bits per heavy atom. The molecule has 1 N–H and O–H groups in total. The van der Waals surface area contributed by atoms with Crippen LogP contribution < -0.4 is 14.2 Å². The van der Waals surface area contributed by atoms with E-state index in [2.05, 4.69) is 10.1 Å². The van der Waals surface area contributed by atoms with Gasteiger partial charge in [0.05, 0.1) is 18.8 Å². The Balaban J connectivity index is 0.00000481. The summed E-state index contributed by atoms with van der Waals surface area (Å²) < 4.78 is 56.9. The number of carboxylic acids is 1. The van der Waals surface area contributed by atoms with E-state index < -0.39 is 23.3 Å². The third-order valence-electron chi connectivity index (χ3n) is 5.24. The van der Waals surface area contributed by atoms with Crippen molar-refractivity contribution < 1.29 is 40.1 Å². The fraction of sp³-hybridized carbons (Fsp3) is 0.400. The maximum absolute atomic E-state index is 12.8. The quantitative estimate of drug-likeness (QED) is 0.263. The number of ether oxygens (including phenoxy) is 3. The first-order valence-corrected chi connectivity index (χ1v) is 11.3. The van der Waals surface area contributed by atoms with Crippen molar-refractivity contribution in [3.8, 4) is 23.2 Å². The molecular formula is C25H30CaF3N3O5. The summed E-state index contributed by atoms with van der Waals surface area (Å²) in [6.45, 7) is 7.33. The zero-order valence-electron chi connectivity index (χ0n) is 23.1. The van der Waals surface area contributed by atoms with Crippen molar-refractivity contribution in [2.75, 3.05) is 13.2 Å². The first kappa shape index (κ1) is 30.7. The van der Waals surface area contributed by atoms with Crippen LogP contribution in [0.25, 0.3) is 5.82 Å². The molecular weight excluding hydrogens is 519 g/mol. The largest absolute Gasteiger partial charge is 2.00 e. The fourth-order valence-electron chi connectivity index (χ4n) is 3.21. The zero-order chi connectivity index (χ0) is 26.5. The summed E-state index contributed by atoms with van der Waals surface area (Å²) >= 11 is 0. The summed E-state index contributed by atoms with van der Waals surface area (Å²) in [6.07, 6.45) is -0.890. The second kappa shape index (κ2) is 12.8. The van der Waals surface area contributed by atoms with Gasteiger partial charge < -0.3 is 22.2 Å². The van der Waals surface area contributed by atoms with E-state index in [4.69, 9.17) is 14.2 Å². The SMILES string of the molecule is CCOc1nn(-c2ccc(C(F)(F)F)cn2)cc1CCCOc1cc(OC(C)(C)C(=O)O)ccc1C.[Ca+2].[H-].[H-]. The van der Waals surface area contributed by atoms with E-state index in [9.17, 15) is 23.1 Å². The molecule has 8 nitrogen and oxygen atoms in total. The third kappa shape index (κ3) is 8.24. The van der Waals surface area contributed by atoms with Gasteiger partial charge in [-0.2, -0.15) is 13.2 Å². The normalized spacial score (nSPS) is 11.5. The average molecular weight is 550 g/mol. The number of hydrogen-bond acceptors (Lipinski definition) is 6. The fourth-order valence-corrected chi connectivity index (χ4v) is 3.21. The predicted octanol–water partition coefficient (Wildman–Crippen LogP) is 5.09. The van der Waals surface area contributed by atoms with Crippen molar-refractivity contribution in [1.82, 2.24) is 14.8 Å². The van der Waals surface area contributed by atoms with Gasteiger partial charge in [-0.25, -0.2) is 14.5 Å². The number of benzene rings is 1. The van der Waals surface area contributed by atoms with E-state index in [1.54, 1.807) is 24.4 Å². The van der Waals surface area contributed by atoms with Crippen molar-refractivity contribution in [3.63, 3.8) is 0 Å². The molecule has 0 amide bonds. The Labute approximate surface area is 245 Å². The van der Waals surface area contributed by atoms with Gasteiger partial charge in [0.1, 0.15) is 11.5 Å². The molecule has 1 aromatic carbocycles. The number of aliphatic carboxylic acids is 1. The summed E-state index contributed by atoms with van der Waals surface area (Å²) in [5.74, 6) is 0.489. The van der Waals surface area contributed by atoms with Crippen LogP contribution in [0.2, 0.25) is 0 Å². The van der Waals surface area contributed by atoms with Gasteiger partial charge in [0.25, 0.3) is 0 Å². The van der Waals surface area contributed by atoms with Crippen molar-refractivity contribution in [2.45, 2.75) is 52.3 Å². The molecule has 0 aliphatic carbocycles. The predicted molar refractivity (Wildman–Crippen MR) is 133 cm³/mol. The minimum atomic E-state index is -4.46. The molecule has 37 heavy (non-hydrogen) atoms. The second-order valence-corrected chi connectivity index (χ2v) is 8.54.